The Balaban J connectivity index is 1.87. The molecule has 2 heterocycles. The molecule has 2 rings (SSSR count). The van der Waals surface area contributed by atoms with Crippen molar-refractivity contribution in [1.29, 1.82) is 0 Å². The highest BCUT2D eigenvalue weighted by atomic mass is 32.2. The van der Waals surface area contributed by atoms with E-state index >= 15 is 0 Å². The molecule has 0 radical (unpaired) electrons. The van der Waals surface area contributed by atoms with E-state index in [0.717, 1.165) is 12.8 Å². The average Bonchev–Trinajstić information content (AvgIpc) is 2.95. The topological polar surface area (TPSA) is 82.2 Å². The van der Waals surface area contributed by atoms with Crippen molar-refractivity contribution >= 4 is 16.1 Å². The van der Waals surface area contributed by atoms with Crippen LogP contribution in [-0.4, -0.2) is 92.4 Å². The smallest absolute Gasteiger partial charge is 0.282 e. The van der Waals surface area contributed by atoms with Gasteiger partial charge in [0.15, 0.2) is 0 Å². The largest absolute Gasteiger partial charge is 0.383 e. The van der Waals surface area contributed by atoms with Crippen LogP contribution < -0.4 is 5.32 Å². The fourth-order valence-electron chi connectivity index (χ4n) is 3.40. The fraction of sp³-hybridized carbons (Fsp3) is 0.938. The molecule has 0 spiro atoms. The lowest BCUT2D eigenvalue weighted by atomic mass is 10.1. The molecule has 2 aliphatic rings. The molecule has 1 N–H and O–H groups in total. The summed E-state index contributed by atoms with van der Waals surface area (Å²) in [6.45, 7) is 9.12. The van der Waals surface area contributed by atoms with E-state index in [9.17, 15) is 13.2 Å². The van der Waals surface area contributed by atoms with Gasteiger partial charge in [-0.05, 0) is 33.6 Å². The van der Waals surface area contributed by atoms with Crippen LogP contribution in [0.25, 0.3) is 0 Å². The van der Waals surface area contributed by atoms with Gasteiger partial charge in [-0.3, -0.25) is 9.69 Å². The summed E-state index contributed by atoms with van der Waals surface area (Å²) in [5.74, 6) is -0.0245. The molecule has 0 aromatic carbocycles. The van der Waals surface area contributed by atoms with Gasteiger partial charge in [-0.1, -0.05) is 0 Å². The van der Waals surface area contributed by atoms with Crippen molar-refractivity contribution in [1.82, 2.24) is 18.8 Å². The lowest BCUT2D eigenvalue weighted by Crippen LogP contribution is -2.56. The Kier molecular flexibility index (Phi) is 6.83. The normalized spacial score (nSPS) is 24.6. The van der Waals surface area contributed by atoms with Crippen LogP contribution in [0, 0.1) is 0 Å². The standard InChI is InChI=1S/C16H32N4O4S/c1-16(2,3)17-15(21)12-18-8-10-19(11-9-18)25(22,23)20-7-5-6-14(20)13-24-4/h14H,5-13H2,1-4H3,(H,17,21). The number of nitrogens with zero attached hydrogens (tertiary/aromatic N) is 3. The first-order valence-corrected chi connectivity index (χ1v) is 10.3. The van der Waals surface area contributed by atoms with Crippen molar-refractivity contribution in [3.05, 3.63) is 0 Å². The molecule has 8 nitrogen and oxygen atoms in total. The third-order valence-corrected chi connectivity index (χ3v) is 6.61. The van der Waals surface area contributed by atoms with Crippen molar-refractivity contribution in [3.8, 4) is 0 Å². The van der Waals surface area contributed by atoms with Gasteiger partial charge < -0.3 is 10.1 Å². The van der Waals surface area contributed by atoms with Gasteiger partial charge in [0.2, 0.25) is 5.91 Å². The van der Waals surface area contributed by atoms with Crippen LogP contribution in [0.5, 0.6) is 0 Å². The SMILES string of the molecule is COCC1CCCN1S(=O)(=O)N1CCN(CC(=O)NC(C)(C)C)CC1. The minimum atomic E-state index is -3.45. The monoisotopic (exact) mass is 376 g/mol. The molecule has 0 bridgehead atoms. The van der Waals surface area contributed by atoms with Gasteiger partial charge >= 0.3 is 0 Å². The van der Waals surface area contributed by atoms with Gasteiger partial charge in [-0.25, -0.2) is 0 Å². The number of carbonyl (C=O) groups is 1. The van der Waals surface area contributed by atoms with E-state index in [2.05, 4.69) is 5.32 Å². The maximum Gasteiger partial charge on any atom is 0.282 e. The van der Waals surface area contributed by atoms with Crippen molar-refractivity contribution in [2.75, 3.05) is 53.0 Å². The Morgan fingerprint density at radius 1 is 1.16 bits per heavy atom. The van der Waals surface area contributed by atoms with Crippen LogP contribution >= 0.6 is 0 Å². The molecule has 0 saturated carbocycles. The van der Waals surface area contributed by atoms with Crippen LogP contribution in [0.4, 0.5) is 0 Å². The Labute approximate surface area is 151 Å². The molecule has 0 aromatic heterocycles. The van der Waals surface area contributed by atoms with Crippen LogP contribution in [0.15, 0.2) is 0 Å². The van der Waals surface area contributed by atoms with Gasteiger partial charge in [0, 0.05) is 51.4 Å². The third-order valence-electron chi connectivity index (χ3n) is 4.52. The molecule has 1 unspecified atom stereocenters. The molecule has 0 aliphatic carbocycles. The van der Waals surface area contributed by atoms with Gasteiger partial charge in [-0.15, -0.1) is 0 Å². The average molecular weight is 377 g/mol. The Morgan fingerprint density at radius 2 is 1.80 bits per heavy atom. The molecular weight excluding hydrogens is 344 g/mol. The molecule has 0 aromatic rings. The lowest BCUT2D eigenvalue weighted by Gasteiger charge is -2.37. The summed E-state index contributed by atoms with van der Waals surface area (Å²) in [7, 11) is -1.85. The summed E-state index contributed by atoms with van der Waals surface area (Å²) in [6, 6.07) is -0.0643. The molecule has 25 heavy (non-hydrogen) atoms. The number of piperazine rings is 1. The molecule has 2 saturated heterocycles. The van der Waals surface area contributed by atoms with E-state index in [0.29, 0.717) is 45.9 Å². The number of methoxy groups -OCH3 is 1. The second kappa shape index (κ2) is 8.30. The Bertz CT molecular complexity index is 553. The number of nitrogens with one attached hydrogen (secondary N) is 1. The highest BCUT2D eigenvalue weighted by Gasteiger charge is 2.39. The first kappa shape index (κ1) is 20.6. The summed E-state index contributed by atoms with van der Waals surface area (Å²) < 4.78 is 34.1. The highest BCUT2D eigenvalue weighted by molar-refractivity contribution is 7.86. The zero-order valence-corrected chi connectivity index (χ0v) is 16.6. The third kappa shape index (κ3) is 5.62. The number of hydrogen-bond acceptors (Lipinski definition) is 5. The van der Waals surface area contributed by atoms with Crippen LogP contribution in [-0.2, 0) is 19.7 Å². The fourth-order valence-corrected chi connectivity index (χ4v) is 5.22. The van der Waals surface area contributed by atoms with Crippen molar-refractivity contribution in [2.45, 2.75) is 45.2 Å². The Hall–Kier alpha value is -0.740. The van der Waals surface area contributed by atoms with E-state index in [4.69, 9.17) is 4.74 Å². The van der Waals surface area contributed by atoms with E-state index in [1.807, 2.05) is 25.7 Å². The second-order valence-electron chi connectivity index (χ2n) is 7.84. The van der Waals surface area contributed by atoms with E-state index < -0.39 is 10.2 Å². The molecular formula is C16H32N4O4S. The van der Waals surface area contributed by atoms with E-state index in [1.165, 1.54) is 0 Å². The van der Waals surface area contributed by atoms with Crippen molar-refractivity contribution in [3.63, 3.8) is 0 Å². The highest BCUT2D eigenvalue weighted by Crippen LogP contribution is 2.24. The van der Waals surface area contributed by atoms with Crippen molar-refractivity contribution in [2.24, 2.45) is 0 Å². The number of amides is 1. The maximum absolute atomic E-state index is 12.9. The number of rotatable bonds is 6. The van der Waals surface area contributed by atoms with Gasteiger partial charge in [0.1, 0.15) is 0 Å². The lowest BCUT2D eigenvalue weighted by molar-refractivity contribution is -0.123. The zero-order valence-electron chi connectivity index (χ0n) is 15.8. The summed E-state index contributed by atoms with van der Waals surface area (Å²) in [6.07, 6.45) is 1.72. The summed E-state index contributed by atoms with van der Waals surface area (Å²) >= 11 is 0. The molecule has 9 heteroatoms. The predicted molar refractivity (Wildman–Crippen MR) is 96.4 cm³/mol. The molecule has 146 valence electrons. The minimum Gasteiger partial charge on any atom is -0.383 e. The van der Waals surface area contributed by atoms with Crippen LogP contribution in [0.1, 0.15) is 33.6 Å². The number of carbonyl (C=O) groups excluding carboxylic acids is 1. The minimum absolute atomic E-state index is 0.0245. The maximum atomic E-state index is 12.9. The summed E-state index contributed by atoms with van der Waals surface area (Å²) in [5, 5.41) is 2.94. The number of hydrogen-bond donors (Lipinski definition) is 1. The predicted octanol–water partition coefficient (Wildman–Crippen LogP) is -0.126. The first-order valence-electron chi connectivity index (χ1n) is 8.93. The van der Waals surface area contributed by atoms with Gasteiger partial charge in [0.05, 0.1) is 13.2 Å². The van der Waals surface area contributed by atoms with Gasteiger partial charge in [0.25, 0.3) is 10.2 Å². The molecule has 1 atom stereocenters. The van der Waals surface area contributed by atoms with E-state index in [1.54, 1.807) is 15.7 Å². The first-order chi connectivity index (χ1) is 11.6. The van der Waals surface area contributed by atoms with Crippen molar-refractivity contribution < 1.29 is 17.9 Å². The molecule has 2 aliphatic heterocycles. The second-order valence-corrected chi connectivity index (χ2v) is 9.72. The number of ether oxygens (including phenoxy) is 1. The Morgan fingerprint density at radius 3 is 2.36 bits per heavy atom. The van der Waals surface area contributed by atoms with E-state index in [-0.39, 0.29) is 17.5 Å². The summed E-state index contributed by atoms with van der Waals surface area (Å²) in [4.78, 5) is 14.0. The quantitative estimate of drug-likeness (QED) is 0.699. The summed E-state index contributed by atoms with van der Waals surface area (Å²) in [5.41, 5.74) is -0.256. The van der Waals surface area contributed by atoms with Crippen LogP contribution in [0.2, 0.25) is 0 Å². The van der Waals surface area contributed by atoms with Crippen LogP contribution in [0.3, 0.4) is 0 Å². The molecule has 2 fully saturated rings. The zero-order chi connectivity index (χ0) is 18.7. The molecule has 1 amide bonds. The van der Waals surface area contributed by atoms with Gasteiger partial charge in [-0.2, -0.15) is 17.0 Å².